The zero-order chi connectivity index (χ0) is 18.4. The first-order valence-electron chi connectivity index (χ1n) is 8.96. The molecule has 1 fully saturated rings. The highest BCUT2D eigenvalue weighted by Crippen LogP contribution is 2.28. The molecule has 2 aromatic rings. The lowest BCUT2D eigenvalue weighted by atomic mass is 10.0. The van der Waals surface area contributed by atoms with Crippen LogP contribution in [0.1, 0.15) is 48.4 Å². The predicted molar refractivity (Wildman–Crippen MR) is 95.5 cm³/mol. The molecule has 1 heterocycles. The highest BCUT2D eigenvalue weighted by atomic mass is 19.1. The van der Waals surface area contributed by atoms with Crippen LogP contribution in [0, 0.1) is 11.7 Å². The minimum atomic E-state index is -0.526. The summed E-state index contributed by atoms with van der Waals surface area (Å²) in [5, 5.41) is 0. The number of carbonyl (C=O) groups is 1. The summed E-state index contributed by atoms with van der Waals surface area (Å²) in [4.78, 5) is 12.0. The van der Waals surface area contributed by atoms with Crippen molar-refractivity contribution in [2.45, 2.75) is 32.5 Å². The van der Waals surface area contributed by atoms with Crippen molar-refractivity contribution in [3.8, 4) is 5.75 Å². The number of benzene rings is 2. The van der Waals surface area contributed by atoms with E-state index in [0.717, 1.165) is 12.0 Å². The largest absolute Gasteiger partial charge is 0.423 e. The zero-order valence-electron chi connectivity index (χ0n) is 14.8. The molecule has 1 aliphatic heterocycles. The molecule has 1 aliphatic rings. The van der Waals surface area contributed by atoms with Crippen LogP contribution in [-0.4, -0.2) is 19.2 Å². The lowest BCUT2D eigenvalue weighted by molar-refractivity contribution is -0.206. The van der Waals surface area contributed by atoms with Gasteiger partial charge in [-0.3, -0.25) is 0 Å². The van der Waals surface area contributed by atoms with Gasteiger partial charge in [-0.1, -0.05) is 31.9 Å². The highest BCUT2D eigenvalue weighted by Gasteiger charge is 2.23. The Morgan fingerprint density at radius 1 is 1.08 bits per heavy atom. The quantitative estimate of drug-likeness (QED) is 0.544. The van der Waals surface area contributed by atoms with E-state index in [2.05, 4.69) is 6.92 Å². The Bertz CT molecular complexity index is 704. The molecule has 0 unspecified atom stereocenters. The van der Waals surface area contributed by atoms with E-state index in [-0.39, 0.29) is 6.29 Å². The molecule has 5 heteroatoms. The maximum Gasteiger partial charge on any atom is 0.343 e. The summed E-state index contributed by atoms with van der Waals surface area (Å²) in [5.41, 5.74) is 1.19. The topological polar surface area (TPSA) is 44.8 Å². The zero-order valence-corrected chi connectivity index (χ0v) is 14.8. The Morgan fingerprint density at radius 2 is 1.73 bits per heavy atom. The summed E-state index contributed by atoms with van der Waals surface area (Å²) >= 11 is 0. The van der Waals surface area contributed by atoms with Crippen LogP contribution in [0.25, 0.3) is 0 Å². The highest BCUT2D eigenvalue weighted by molar-refractivity contribution is 5.90. The minimum Gasteiger partial charge on any atom is -0.423 e. The van der Waals surface area contributed by atoms with Gasteiger partial charge in [0, 0.05) is 11.5 Å². The Balaban J connectivity index is 1.54. The number of ether oxygens (including phenoxy) is 3. The van der Waals surface area contributed by atoms with Gasteiger partial charge in [0.25, 0.3) is 0 Å². The first-order valence-corrected chi connectivity index (χ1v) is 8.96. The van der Waals surface area contributed by atoms with Crippen molar-refractivity contribution in [1.82, 2.24) is 0 Å². The third-order valence-electron chi connectivity index (χ3n) is 4.38. The van der Waals surface area contributed by atoms with Crippen molar-refractivity contribution in [3.63, 3.8) is 0 Å². The Morgan fingerprint density at radius 3 is 2.35 bits per heavy atom. The lowest BCUT2D eigenvalue weighted by Crippen LogP contribution is -2.27. The third kappa shape index (κ3) is 4.90. The number of carbonyl (C=O) groups excluding carboxylic acids is 1. The molecule has 0 aliphatic carbocycles. The van der Waals surface area contributed by atoms with Crippen LogP contribution in [-0.2, 0) is 9.47 Å². The summed E-state index contributed by atoms with van der Waals surface area (Å²) in [7, 11) is 0. The summed E-state index contributed by atoms with van der Waals surface area (Å²) in [6, 6.07) is 12.3. The molecule has 0 bridgehead atoms. The van der Waals surface area contributed by atoms with Crippen molar-refractivity contribution in [3.05, 3.63) is 65.5 Å². The van der Waals surface area contributed by atoms with E-state index in [1.807, 2.05) is 12.1 Å². The molecule has 0 N–H and O–H groups in total. The molecule has 2 aromatic carbocycles. The molecule has 4 nitrogen and oxygen atoms in total. The van der Waals surface area contributed by atoms with Crippen molar-refractivity contribution in [1.29, 1.82) is 0 Å². The monoisotopic (exact) mass is 358 g/mol. The fraction of sp³-hybridized carbons (Fsp3) is 0.381. The average molecular weight is 358 g/mol. The van der Waals surface area contributed by atoms with Crippen LogP contribution < -0.4 is 4.74 Å². The molecule has 26 heavy (non-hydrogen) atoms. The van der Waals surface area contributed by atoms with E-state index in [4.69, 9.17) is 14.2 Å². The number of rotatable bonds is 6. The number of hydrogen-bond acceptors (Lipinski definition) is 4. The van der Waals surface area contributed by atoms with Crippen molar-refractivity contribution >= 4 is 5.97 Å². The van der Waals surface area contributed by atoms with E-state index in [1.165, 1.54) is 37.1 Å². The predicted octanol–water partition coefficient (Wildman–Crippen LogP) is 4.90. The van der Waals surface area contributed by atoms with Crippen LogP contribution in [0.3, 0.4) is 0 Å². The van der Waals surface area contributed by atoms with E-state index in [1.54, 1.807) is 12.1 Å². The molecule has 0 atom stereocenters. The molecular formula is C21H23FO4. The van der Waals surface area contributed by atoms with Gasteiger partial charge in [0.15, 0.2) is 6.29 Å². The Kier molecular flexibility index (Phi) is 6.36. The summed E-state index contributed by atoms with van der Waals surface area (Å²) in [5.74, 6) is -0.0427. The number of halogens is 1. The number of unbranched alkanes of at least 4 members (excludes halogenated alkanes) is 1. The van der Waals surface area contributed by atoms with Crippen molar-refractivity contribution in [2.24, 2.45) is 5.92 Å². The van der Waals surface area contributed by atoms with Crippen LogP contribution in [0.4, 0.5) is 4.39 Å². The van der Waals surface area contributed by atoms with Gasteiger partial charge < -0.3 is 14.2 Å². The van der Waals surface area contributed by atoms with E-state index >= 15 is 0 Å². The normalized spacial score (nSPS) is 19.9. The van der Waals surface area contributed by atoms with E-state index in [9.17, 15) is 9.18 Å². The first kappa shape index (κ1) is 18.5. The molecule has 1 saturated heterocycles. The summed E-state index contributed by atoms with van der Waals surface area (Å²) < 4.78 is 29.8. The number of hydrogen-bond donors (Lipinski definition) is 0. The van der Waals surface area contributed by atoms with Gasteiger partial charge in [0.1, 0.15) is 11.6 Å². The average Bonchev–Trinajstić information content (AvgIpc) is 2.68. The molecule has 3 rings (SSSR count). The van der Waals surface area contributed by atoms with Crippen molar-refractivity contribution < 1.29 is 23.4 Å². The molecule has 138 valence electrons. The maximum absolute atomic E-state index is 12.9. The fourth-order valence-electron chi connectivity index (χ4n) is 2.84. The van der Waals surface area contributed by atoms with Crippen LogP contribution in [0.15, 0.2) is 48.5 Å². The molecule has 0 aromatic heterocycles. The second kappa shape index (κ2) is 8.92. The molecule has 0 spiro atoms. The smallest absolute Gasteiger partial charge is 0.343 e. The Labute approximate surface area is 152 Å². The summed E-state index contributed by atoms with van der Waals surface area (Å²) in [6.07, 6.45) is 3.12. The van der Waals surface area contributed by atoms with Crippen LogP contribution in [0.2, 0.25) is 0 Å². The lowest BCUT2D eigenvalue weighted by Gasteiger charge is -2.29. The van der Waals surface area contributed by atoms with Gasteiger partial charge in [0.05, 0.1) is 18.8 Å². The molecule has 0 saturated carbocycles. The molecule has 0 amide bonds. The minimum absolute atomic E-state index is 0.299. The van der Waals surface area contributed by atoms with Gasteiger partial charge in [-0.05, 0) is 42.8 Å². The second-order valence-corrected chi connectivity index (χ2v) is 6.47. The van der Waals surface area contributed by atoms with Crippen LogP contribution in [0.5, 0.6) is 5.75 Å². The van der Waals surface area contributed by atoms with E-state index < -0.39 is 11.8 Å². The van der Waals surface area contributed by atoms with Gasteiger partial charge in [-0.25, -0.2) is 9.18 Å². The SMILES string of the molecule is CCCCC1COC(c2ccc(OC(=O)c3ccc(F)cc3)cc2)OC1. The van der Waals surface area contributed by atoms with Gasteiger partial charge >= 0.3 is 5.97 Å². The molecular weight excluding hydrogens is 335 g/mol. The van der Waals surface area contributed by atoms with Gasteiger partial charge in [-0.15, -0.1) is 0 Å². The Hall–Kier alpha value is -2.24. The standard InChI is InChI=1S/C21H23FO4/c1-2-3-4-15-13-24-21(25-14-15)17-7-11-19(12-8-17)26-20(23)16-5-9-18(22)10-6-16/h5-12,15,21H,2-4,13-14H2,1H3. The first-order chi connectivity index (χ1) is 12.7. The van der Waals surface area contributed by atoms with Gasteiger partial charge in [0.2, 0.25) is 0 Å². The van der Waals surface area contributed by atoms with Crippen molar-refractivity contribution in [2.75, 3.05) is 13.2 Å². The third-order valence-corrected chi connectivity index (χ3v) is 4.38. The molecule has 0 radical (unpaired) electrons. The number of esters is 1. The second-order valence-electron chi connectivity index (χ2n) is 6.47. The summed E-state index contributed by atoms with van der Waals surface area (Å²) in [6.45, 7) is 3.58. The van der Waals surface area contributed by atoms with Crippen LogP contribution >= 0.6 is 0 Å². The maximum atomic E-state index is 12.9. The fourth-order valence-corrected chi connectivity index (χ4v) is 2.84. The van der Waals surface area contributed by atoms with E-state index in [0.29, 0.717) is 30.4 Å². The van der Waals surface area contributed by atoms with Gasteiger partial charge in [-0.2, -0.15) is 0 Å².